The number of nitrogens with zero attached hydrogens (tertiary/aromatic N) is 2. The van der Waals surface area contributed by atoms with Crippen LogP contribution in [0.1, 0.15) is 5.69 Å². The molecule has 6 heteroatoms. The van der Waals surface area contributed by atoms with Crippen molar-refractivity contribution in [2.75, 3.05) is 20.2 Å². The second-order valence-electron chi connectivity index (χ2n) is 3.65. The van der Waals surface area contributed by atoms with E-state index < -0.39 is 0 Å². The highest BCUT2D eigenvalue weighted by atomic mass is 16.5. The SMILES string of the molecule is COc1cccc(CN2C(=O)CNCC2=O)n1. The number of rotatable bonds is 3. The molecule has 0 aliphatic carbocycles. The van der Waals surface area contributed by atoms with Crippen molar-refractivity contribution in [2.24, 2.45) is 0 Å². The zero-order valence-corrected chi connectivity index (χ0v) is 9.47. The molecular formula is C11H13N3O3. The quantitative estimate of drug-likeness (QED) is 0.718. The molecule has 0 spiro atoms. The highest BCUT2D eigenvalue weighted by Gasteiger charge is 2.25. The number of pyridine rings is 1. The van der Waals surface area contributed by atoms with Crippen molar-refractivity contribution in [1.29, 1.82) is 0 Å². The first-order valence-corrected chi connectivity index (χ1v) is 5.24. The molecule has 1 saturated heterocycles. The number of aromatic nitrogens is 1. The van der Waals surface area contributed by atoms with Gasteiger partial charge in [0.05, 0.1) is 32.4 Å². The summed E-state index contributed by atoms with van der Waals surface area (Å²) in [7, 11) is 1.52. The van der Waals surface area contributed by atoms with Crippen LogP contribution in [0.2, 0.25) is 0 Å². The maximum Gasteiger partial charge on any atom is 0.243 e. The molecule has 1 aliphatic heterocycles. The van der Waals surface area contributed by atoms with Crippen molar-refractivity contribution in [3.63, 3.8) is 0 Å². The predicted molar refractivity (Wildman–Crippen MR) is 59.2 cm³/mol. The van der Waals surface area contributed by atoms with Crippen molar-refractivity contribution < 1.29 is 14.3 Å². The van der Waals surface area contributed by atoms with Gasteiger partial charge in [0.15, 0.2) is 0 Å². The van der Waals surface area contributed by atoms with E-state index in [1.807, 2.05) is 0 Å². The van der Waals surface area contributed by atoms with Crippen LogP contribution in [0.15, 0.2) is 18.2 Å². The summed E-state index contributed by atoms with van der Waals surface area (Å²) in [6, 6.07) is 5.24. The van der Waals surface area contributed by atoms with Crippen LogP contribution in [0.5, 0.6) is 5.88 Å². The molecule has 0 unspecified atom stereocenters. The zero-order chi connectivity index (χ0) is 12.3. The molecule has 1 fully saturated rings. The molecule has 0 aromatic carbocycles. The Bertz CT molecular complexity index is 431. The summed E-state index contributed by atoms with van der Waals surface area (Å²) < 4.78 is 4.99. The molecule has 0 atom stereocenters. The fourth-order valence-corrected chi connectivity index (χ4v) is 1.60. The van der Waals surface area contributed by atoms with Crippen LogP contribution in [0.4, 0.5) is 0 Å². The minimum atomic E-state index is -0.231. The van der Waals surface area contributed by atoms with Crippen LogP contribution < -0.4 is 10.1 Å². The summed E-state index contributed by atoms with van der Waals surface area (Å²) in [5, 5.41) is 2.74. The van der Waals surface area contributed by atoms with Crippen molar-refractivity contribution in [3.05, 3.63) is 23.9 Å². The average molecular weight is 235 g/mol. The van der Waals surface area contributed by atoms with Crippen molar-refractivity contribution in [1.82, 2.24) is 15.2 Å². The third kappa shape index (κ3) is 2.59. The molecule has 1 aromatic heterocycles. The first-order chi connectivity index (χ1) is 8.20. The van der Waals surface area contributed by atoms with Crippen LogP contribution in [0, 0.1) is 0 Å². The van der Waals surface area contributed by atoms with Gasteiger partial charge in [-0.05, 0) is 6.07 Å². The second kappa shape index (κ2) is 4.92. The summed E-state index contributed by atoms with van der Waals surface area (Å²) in [6.07, 6.45) is 0. The average Bonchev–Trinajstić information content (AvgIpc) is 2.34. The number of carbonyl (C=O) groups excluding carboxylic acids is 2. The van der Waals surface area contributed by atoms with Crippen LogP contribution in [-0.2, 0) is 16.1 Å². The largest absolute Gasteiger partial charge is 0.481 e. The lowest BCUT2D eigenvalue weighted by molar-refractivity contribution is -0.147. The van der Waals surface area contributed by atoms with Gasteiger partial charge < -0.3 is 4.74 Å². The molecule has 2 amide bonds. The van der Waals surface area contributed by atoms with Gasteiger partial charge in [0.2, 0.25) is 17.7 Å². The number of imide groups is 1. The maximum atomic E-state index is 11.5. The Morgan fingerprint density at radius 2 is 2.06 bits per heavy atom. The number of nitrogens with one attached hydrogen (secondary N) is 1. The molecule has 1 N–H and O–H groups in total. The zero-order valence-electron chi connectivity index (χ0n) is 9.47. The van der Waals surface area contributed by atoms with E-state index >= 15 is 0 Å². The molecule has 1 aliphatic rings. The number of methoxy groups -OCH3 is 1. The molecule has 0 bridgehead atoms. The van der Waals surface area contributed by atoms with Gasteiger partial charge in [-0.2, -0.15) is 0 Å². The van der Waals surface area contributed by atoms with Gasteiger partial charge in [-0.15, -0.1) is 0 Å². The molecular weight excluding hydrogens is 222 g/mol. The Morgan fingerprint density at radius 3 is 2.71 bits per heavy atom. The summed E-state index contributed by atoms with van der Waals surface area (Å²) in [4.78, 5) is 28.5. The molecule has 2 rings (SSSR count). The van der Waals surface area contributed by atoms with E-state index in [0.717, 1.165) is 0 Å². The van der Waals surface area contributed by atoms with Crippen molar-refractivity contribution >= 4 is 11.8 Å². The number of piperazine rings is 1. The molecule has 0 saturated carbocycles. The van der Waals surface area contributed by atoms with Gasteiger partial charge in [-0.1, -0.05) is 6.07 Å². The minimum absolute atomic E-state index is 0.190. The lowest BCUT2D eigenvalue weighted by atomic mass is 10.3. The topological polar surface area (TPSA) is 71.5 Å². The third-order valence-corrected chi connectivity index (χ3v) is 2.47. The number of hydrogen-bond acceptors (Lipinski definition) is 5. The minimum Gasteiger partial charge on any atom is -0.481 e. The van der Waals surface area contributed by atoms with Crippen molar-refractivity contribution in [3.8, 4) is 5.88 Å². The summed E-state index contributed by atoms with van der Waals surface area (Å²) in [5.41, 5.74) is 0.632. The standard InChI is InChI=1S/C11H13N3O3/c1-17-9-4-2-3-8(13-9)7-14-10(15)5-12-6-11(14)16/h2-4,12H,5-7H2,1H3. The first-order valence-electron chi connectivity index (χ1n) is 5.24. The Morgan fingerprint density at radius 1 is 1.35 bits per heavy atom. The Hall–Kier alpha value is -1.95. The number of carbonyl (C=O) groups is 2. The van der Waals surface area contributed by atoms with Crippen LogP contribution >= 0.6 is 0 Å². The lowest BCUT2D eigenvalue weighted by Crippen LogP contribution is -2.51. The highest BCUT2D eigenvalue weighted by Crippen LogP contribution is 2.10. The summed E-state index contributed by atoms with van der Waals surface area (Å²) in [6.45, 7) is 0.571. The second-order valence-corrected chi connectivity index (χ2v) is 3.65. The Labute approximate surface area is 98.6 Å². The maximum absolute atomic E-state index is 11.5. The normalized spacial score (nSPS) is 16.2. The Balaban J connectivity index is 2.13. The van der Waals surface area contributed by atoms with E-state index in [-0.39, 0.29) is 31.4 Å². The lowest BCUT2D eigenvalue weighted by Gasteiger charge is -2.25. The third-order valence-electron chi connectivity index (χ3n) is 2.47. The van der Waals surface area contributed by atoms with E-state index in [9.17, 15) is 9.59 Å². The van der Waals surface area contributed by atoms with Gasteiger partial charge in [0, 0.05) is 6.07 Å². The smallest absolute Gasteiger partial charge is 0.243 e. The molecule has 0 radical (unpaired) electrons. The molecule has 90 valence electrons. The first kappa shape index (κ1) is 11.5. The van der Waals surface area contributed by atoms with Crippen LogP contribution in [-0.4, -0.2) is 41.9 Å². The number of hydrogen-bond donors (Lipinski definition) is 1. The highest BCUT2D eigenvalue weighted by molar-refractivity contribution is 5.99. The van der Waals surface area contributed by atoms with Gasteiger partial charge in [-0.3, -0.25) is 19.8 Å². The fraction of sp³-hybridized carbons (Fsp3) is 0.364. The van der Waals surface area contributed by atoms with Gasteiger partial charge in [0.25, 0.3) is 0 Å². The number of amides is 2. The molecule has 1 aromatic rings. The van der Waals surface area contributed by atoms with Gasteiger partial charge in [0.1, 0.15) is 0 Å². The van der Waals surface area contributed by atoms with Crippen LogP contribution in [0.25, 0.3) is 0 Å². The fourth-order valence-electron chi connectivity index (χ4n) is 1.60. The van der Waals surface area contributed by atoms with Crippen molar-refractivity contribution in [2.45, 2.75) is 6.54 Å². The van der Waals surface area contributed by atoms with Gasteiger partial charge in [-0.25, -0.2) is 4.98 Å². The van der Waals surface area contributed by atoms with Gasteiger partial charge >= 0.3 is 0 Å². The number of ether oxygens (including phenoxy) is 1. The monoisotopic (exact) mass is 235 g/mol. The molecule has 6 nitrogen and oxygen atoms in total. The summed E-state index contributed by atoms with van der Waals surface area (Å²) in [5.74, 6) is 0.00859. The van der Waals surface area contributed by atoms with E-state index in [2.05, 4.69) is 10.3 Å². The van der Waals surface area contributed by atoms with E-state index in [4.69, 9.17) is 4.74 Å². The van der Waals surface area contributed by atoms with E-state index in [0.29, 0.717) is 11.6 Å². The van der Waals surface area contributed by atoms with E-state index in [1.165, 1.54) is 12.0 Å². The Kier molecular flexibility index (Phi) is 3.34. The summed E-state index contributed by atoms with van der Waals surface area (Å²) >= 11 is 0. The predicted octanol–water partition coefficient (Wildman–Crippen LogP) is -0.451. The molecule has 2 heterocycles. The van der Waals surface area contributed by atoms with Crippen LogP contribution in [0.3, 0.4) is 0 Å². The molecule has 17 heavy (non-hydrogen) atoms. The van der Waals surface area contributed by atoms with E-state index in [1.54, 1.807) is 18.2 Å².